The summed E-state index contributed by atoms with van der Waals surface area (Å²) < 4.78 is 63.0. The quantitative estimate of drug-likeness (QED) is 0.349. The van der Waals surface area contributed by atoms with Gasteiger partial charge in [0.15, 0.2) is 9.84 Å². The summed E-state index contributed by atoms with van der Waals surface area (Å²) in [6.07, 6.45) is -3.78. The molecule has 208 valence electrons. The Hall–Kier alpha value is -3.33. The minimum Gasteiger partial charge on any atom is -0.365 e. The van der Waals surface area contributed by atoms with Gasteiger partial charge in [0, 0.05) is 35.8 Å². The Kier molecular flexibility index (Phi) is 8.12. The van der Waals surface area contributed by atoms with Gasteiger partial charge in [-0.2, -0.15) is 13.2 Å². The van der Waals surface area contributed by atoms with Gasteiger partial charge in [-0.1, -0.05) is 38.1 Å². The van der Waals surface area contributed by atoms with Gasteiger partial charge in [-0.05, 0) is 79.4 Å². The lowest BCUT2D eigenvalue weighted by molar-refractivity contribution is -0.137. The zero-order chi connectivity index (χ0) is 28.5. The first-order valence-corrected chi connectivity index (χ1v) is 14.7. The van der Waals surface area contributed by atoms with E-state index >= 15 is 0 Å². The number of nitrogens with one attached hydrogen (secondary N) is 1. The number of halogens is 3. The zero-order valence-electron chi connectivity index (χ0n) is 22.4. The molecule has 39 heavy (non-hydrogen) atoms. The Morgan fingerprint density at radius 3 is 2.15 bits per heavy atom. The van der Waals surface area contributed by atoms with Crippen molar-refractivity contribution >= 4 is 21.4 Å². The number of alkyl halides is 3. The van der Waals surface area contributed by atoms with Crippen LogP contribution in [0.25, 0.3) is 0 Å². The van der Waals surface area contributed by atoms with Crippen LogP contribution >= 0.6 is 0 Å². The largest absolute Gasteiger partial charge is 0.416 e. The lowest BCUT2D eigenvalue weighted by Crippen LogP contribution is -2.40. The maximum absolute atomic E-state index is 13.0. The monoisotopic (exact) mass is 558 g/mol. The smallest absolute Gasteiger partial charge is 0.365 e. The van der Waals surface area contributed by atoms with E-state index in [-0.39, 0.29) is 41.1 Å². The standard InChI is InChI=1S/C30H33F3N2O3S/c1-5-39(37,38)25-13-8-22(9-14-25)18-34-29(36)23-10-15-27-26(17-23)20(4)28(35(27)19(2)3)16-21-6-11-24(12-7-21)30(31,32)33/h6-15,17,19-20,28H,5,16,18H2,1-4H3,(H,34,36). The first-order valence-electron chi connectivity index (χ1n) is 13.0. The van der Waals surface area contributed by atoms with Crippen molar-refractivity contribution in [3.8, 4) is 0 Å². The Balaban J connectivity index is 1.49. The van der Waals surface area contributed by atoms with Gasteiger partial charge in [0.2, 0.25) is 0 Å². The zero-order valence-corrected chi connectivity index (χ0v) is 23.2. The van der Waals surface area contributed by atoms with Gasteiger partial charge in [-0.15, -0.1) is 0 Å². The van der Waals surface area contributed by atoms with E-state index in [1.165, 1.54) is 0 Å². The highest BCUT2D eigenvalue weighted by molar-refractivity contribution is 7.91. The van der Waals surface area contributed by atoms with E-state index in [0.717, 1.165) is 34.5 Å². The fourth-order valence-corrected chi connectivity index (χ4v) is 6.08. The highest BCUT2D eigenvalue weighted by atomic mass is 32.2. The highest BCUT2D eigenvalue weighted by Gasteiger charge is 2.37. The molecule has 2 atom stereocenters. The molecular weight excluding hydrogens is 525 g/mol. The number of rotatable bonds is 8. The number of benzene rings is 3. The molecular formula is C30H33F3N2O3S. The minimum absolute atomic E-state index is 0.0271. The summed E-state index contributed by atoms with van der Waals surface area (Å²) in [5, 5.41) is 2.90. The van der Waals surface area contributed by atoms with Gasteiger partial charge < -0.3 is 10.2 Å². The Morgan fingerprint density at radius 1 is 0.974 bits per heavy atom. The molecule has 0 saturated heterocycles. The number of fused-ring (bicyclic) bond motifs is 1. The van der Waals surface area contributed by atoms with Gasteiger partial charge in [0.1, 0.15) is 0 Å². The lowest BCUT2D eigenvalue weighted by atomic mass is 9.91. The Labute approximate surface area is 228 Å². The molecule has 5 nitrogen and oxygen atoms in total. The van der Waals surface area contributed by atoms with Gasteiger partial charge in [-0.3, -0.25) is 4.79 Å². The number of carbonyl (C=O) groups is 1. The molecule has 1 aliphatic rings. The molecule has 3 aromatic rings. The third kappa shape index (κ3) is 6.13. The second-order valence-corrected chi connectivity index (χ2v) is 12.5. The summed E-state index contributed by atoms with van der Waals surface area (Å²) in [5.41, 5.74) is 3.53. The molecule has 9 heteroatoms. The summed E-state index contributed by atoms with van der Waals surface area (Å²) in [6.45, 7) is 8.10. The molecule has 4 rings (SSSR count). The van der Waals surface area contributed by atoms with Crippen molar-refractivity contribution in [3.05, 3.63) is 94.5 Å². The molecule has 3 aromatic carbocycles. The van der Waals surface area contributed by atoms with Gasteiger partial charge >= 0.3 is 6.18 Å². The van der Waals surface area contributed by atoms with E-state index in [9.17, 15) is 26.4 Å². The van der Waals surface area contributed by atoms with Gasteiger partial charge in [0.05, 0.1) is 16.2 Å². The lowest BCUT2D eigenvalue weighted by Gasteiger charge is -2.33. The van der Waals surface area contributed by atoms with Crippen molar-refractivity contribution < 1.29 is 26.4 Å². The van der Waals surface area contributed by atoms with Crippen LogP contribution in [0.15, 0.2) is 71.6 Å². The van der Waals surface area contributed by atoms with Crippen molar-refractivity contribution in [2.75, 3.05) is 10.7 Å². The Morgan fingerprint density at radius 2 is 1.59 bits per heavy atom. The van der Waals surface area contributed by atoms with E-state index in [2.05, 4.69) is 31.0 Å². The minimum atomic E-state index is -4.37. The van der Waals surface area contributed by atoms with Crippen molar-refractivity contribution in [3.63, 3.8) is 0 Å². The molecule has 0 radical (unpaired) electrons. The summed E-state index contributed by atoms with van der Waals surface area (Å²) >= 11 is 0. The molecule has 0 bridgehead atoms. The predicted molar refractivity (Wildman–Crippen MR) is 147 cm³/mol. The average molecular weight is 559 g/mol. The maximum atomic E-state index is 13.0. The second-order valence-electron chi connectivity index (χ2n) is 10.3. The number of sulfone groups is 1. The molecule has 0 spiro atoms. The Bertz CT molecular complexity index is 1430. The van der Waals surface area contributed by atoms with E-state index < -0.39 is 21.6 Å². The fraction of sp³-hybridized carbons (Fsp3) is 0.367. The van der Waals surface area contributed by atoms with Crippen LogP contribution in [-0.4, -0.2) is 32.2 Å². The number of amides is 1. The SMILES string of the molecule is CCS(=O)(=O)c1ccc(CNC(=O)c2ccc3c(c2)C(C)C(Cc2ccc(C(F)(F)F)cc2)N3C(C)C)cc1. The van der Waals surface area contributed by atoms with Crippen LogP contribution in [-0.2, 0) is 29.0 Å². The van der Waals surface area contributed by atoms with Crippen molar-refractivity contribution in [2.24, 2.45) is 0 Å². The molecule has 1 heterocycles. The number of hydrogen-bond donors (Lipinski definition) is 1. The fourth-order valence-electron chi connectivity index (χ4n) is 5.20. The van der Waals surface area contributed by atoms with Crippen LogP contribution in [0.5, 0.6) is 0 Å². The number of carbonyl (C=O) groups excluding carboxylic acids is 1. The predicted octanol–water partition coefficient (Wildman–Crippen LogP) is 6.37. The molecule has 1 amide bonds. The molecule has 0 fully saturated rings. The molecule has 1 N–H and O–H groups in total. The summed E-state index contributed by atoms with van der Waals surface area (Å²) in [6, 6.07) is 17.6. The average Bonchev–Trinajstić information content (AvgIpc) is 3.18. The first-order chi connectivity index (χ1) is 18.3. The maximum Gasteiger partial charge on any atom is 0.416 e. The van der Waals surface area contributed by atoms with Crippen molar-refractivity contribution in [1.29, 1.82) is 0 Å². The second kappa shape index (κ2) is 11.0. The van der Waals surface area contributed by atoms with Crippen LogP contribution in [0.3, 0.4) is 0 Å². The molecule has 0 aromatic heterocycles. The first kappa shape index (κ1) is 28.7. The van der Waals surface area contributed by atoms with Gasteiger partial charge in [0.25, 0.3) is 5.91 Å². The van der Waals surface area contributed by atoms with E-state index in [1.54, 1.807) is 49.4 Å². The van der Waals surface area contributed by atoms with Crippen molar-refractivity contribution in [1.82, 2.24) is 5.32 Å². The molecule has 2 unspecified atom stereocenters. The van der Waals surface area contributed by atoms with Crippen LogP contribution in [0.2, 0.25) is 0 Å². The topological polar surface area (TPSA) is 66.5 Å². The normalized spacial score (nSPS) is 17.4. The summed E-state index contributed by atoms with van der Waals surface area (Å²) in [7, 11) is -3.28. The van der Waals surface area contributed by atoms with E-state index in [0.29, 0.717) is 12.0 Å². The molecule has 0 aliphatic carbocycles. The van der Waals surface area contributed by atoms with Crippen LogP contribution < -0.4 is 10.2 Å². The molecule has 0 saturated carbocycles. The number of anilines is 1. The molecule has 1 aliphatic heterocycles. The van der Waals surface area contributed by atoms with Crippen molar-refractivity contribution in [2.45, 2.75) is 69.7 Å². The van der Waals surface area contributed by atoms with Gasteiger partial charge in [-0.25, -0.2) is 8.42 Å². The number of nitrogens with zero attached hydrogens (tertiary/aromatic N) is 1. The van der Waals surface area contributed by atoms with E-state index in [4.69, 9.17) is 0 Å². The number of hydrogen-bond acceptors (Lipinski definition) is 4. The summed E-state index contributed by atoms with van der Waals surface area (Å²) in [4.78, 5) is 15.5. The van der Waals surface area contributed by atoms with E-state index in [1.807, 2.05) is 12.1 Å². The third-order valence-electron chi connectivity index (χ3n) is 7.39. The van der Waals surface area contributed by atoms with Crippen LogP contribution in [0, 0.1) is 0 Å². The third-order valence-corrected chi connectivity index (χ3v) is 9.14. The van der Waals surface area contributed by atoms with Crippen LogP contribution in [0.1, 0.15) is 66.2 Å². The summed E-state index contributed by atoms with van der Waals surface area (Å²) in [5.74, 6) is -0.151. The highest BCUT2D eigenvalue weighted by Crippen LogP contribution is 2.44. The van der Waals surface area contributed by atoms with Crippen LogP contribution in [0.4, 0.5) is 18.9 Å².